The summed E-state index contributed by atoms with van der Waals surface area (Å²) in [5, 5.41) is 11.9. The van der Waals surface area contributed by atoms with Gasteiger partial charge in [0.1, 0.15) is 5.75 Å². The molecule has 1 amide bonds. The molecule has 94 valence electrons. The first kappa shape index (κ1) is 13.8. The first-order valence-electron chi connectivity index (χ1n) is 5.58. The topological polar surface area (TPSA) is 49.3 Å². The smallest absolute Gasteiger partial charge is 0.217 e. The highest BCUT2D eigenvalue weighted by molar-refractivity contribution is 5.75. The standard InChI is InChI=1S/C15H17NO2/c1-4-13(10-16-12(3)17)9-11(2)14-5-7-15(18)8-6-14/h4-9,18H,1-2,10H2,3H3,(H,16,17)/b13-9+. The molecule has 0 radical (unpaired) electrons. The van der Waals surface area contributed by atoms with Gasteiger partial charge in [0.25, 0.3) is 0 Å². The lowest BCUT2D eigenvalue weighted by Gasteiger charge is -2.06. The zero-order valence-corrected chi connectivity index (χ0v) is 10.4. The van der Waals surface area contributed by atoms with E-state index >= 15 is 0 Å². The maximum Gasteiger partial charge on any atom is 0.217 e. The Morgan fingerprint density at radius 3 is 2.50 bits per heavy atom. The zero-order valence-electron chi connectivity index (χ0n) is 10.4. The van der Waals surface area contributed by atoms with Crippen LogP contribution in [-0.4, -0.2) is 17.6 Å². The maximum absolute atomic E-state index is 10.8. The molecule has 1 rings (SSSR count). The predicted octanol–water partition coefficient (Wildman–Crippen LogP) is 2.65. The molecule has 2 N–H and O–H groups in total. The summed E-state index contributed by atoms with van der Waals surface area (Å²) in [7, 11) is 0. The lowest BCUT2D eigenvalue weighted by atomic mass is 10.0. The van der Waals surface area contributed by atoms with Crippen LogP contribution in [0.3, 0.4) is 0 Å². The lowest BCUT2D eigenvalue weighted by Crippen LogP contribution is -2.21. The van der Waals surface area contributed by atoms with Crippen LogP contribution in [0.1, 0.15) is 12.5 Å². The zero-order chi connectivity index (χ0) is 13.5. The number of hydrogen-bond donors (Lipinski definition) is 2. The van der Waals surface area contributed by atoms with Crippen molar-refractivity contribution in [2.75, 3.05) is 6.54 Å². The second kappa shape index (κ2) is 6.45. The average molecular weight is 243 g/mol. The molecule has 0 saturated carbocycles. The van der Waals surface area contributed by atoms with E-state index in [2.05, 4.69) is 18.5 Å². The van der Waals surface area contributed by atoms with Gasteiger partial charge >= 0.3 is 0 Å². The summed E-state index contributed by atoms with van der Waals surface area (Å²) in [5.41, 5.74) is 2.59. The third-order valence-corrected chi connectivity index (χ3v) is 2.40. The highest BCUT2D eigenvalue weighted by Gasteiger charge is 1.99. The normalized spacial score (nSPS) is 10.8. The number of benzene rings is 1. The number of hydrogen-bond acceptors (Lipinski definition) is 2. The first-order valence-corrected chi connectivity index (χ1v) is 5.58. The first-order chi connectivity index (χ1) is 8.52. The van der Waals surface area contributed by atoms with E-state index in [4.69, 9.17) is 0 Å². The van der Waals surface area contributed by atoms with Crippen molar-refractivity contribution in [1.29, 1.82) is 0 Å². The van der Waals surface area contributed by atoms with Gasteiger partial charge in [-0.05, 0) is 34.9 Å². The molecule has 1 aromatic rings. The largest absolute Gasteiger partial charge is 0.508 e. The number of phenols is 1. The Bertz CT molecular complexity index is 484. The van der Waals surface area contributed by atoms with Crippen LogP contribution in [0.25, 0.3) is 5.57 Å². The van der Waals surface area contributed by atoms with E-state index in [1.807, 2.05) is 6.08 Å². The Hall–Kier alpha value is -2.29. The van der Waals surface area contributed by atoms with Crippen molar-refractivity contribution < 1.29 is 9.90 Å². The minimum Gasteiger partial charge on any atom is -0.508 e. The van der Waals surface area contributed by atoms with Gasteiger partial charge in [-0.25, -0.2) is 0 Å². The second-order valence-corrected chi connectivity index (χ2v) is 3.91. The van der Waals surface area contributed by atoms with Crippen LogP contribution >= 0.6 is 0 Å². The lowest BCUT2D eigenvalue weighted by molar-refractivity contribution is -0.118. The van der Waals surface area contributed by atoms with Crippen LogP contribution in [0.5, 0.6) is 5.75 Å². The van der Waals surface area contributed by atoms with E-state index in [1.165, 1.54) is 6.92 Å². The molecule has 0 spiro atoms. The number of carbonyl (C=O) groups excluding carboxylic acids is 1. The quantitative estimate of drug-likeness (QED) is 0.781. The van der Waals surface area contributed by atoms with Gasteiger partial charge < -0.3 is 10.4 Å². The number of rotatable bonds is 5. The molecule has 0 aliphatic carbocycles. The third-order valence-electron chi connectivity index (χ3n) is 2.40. The van der Waals surface area contributed by atoms with Gasteiger partial charge in [0, 0.05) is 13.5 Å². The van der Waals surface area contributed by atoms with Crippen molar-refractivity contribution in [3.05, 3.63) is 60.7 Å². The Balaban J connectivity index is 2.79. The summed E-state index contributed by atoms with van der Waals surface area (Å²) < 4.78 is 0. The van der Waals surface area contributed by atoms with Gasteiger partial charge in [0.05, 0.1) is 0 Å². The number of carbonyl (C=O) groups is 1. The van der Waals surface area contributed by atoms with Crippen molar-refractivity contribution >= 4 is 11.5 Å². The van der Waals surface area contributed by atoms with Crippen LogP contribution in [0.15, 0.2) is 55.1 Å². The van der Waals surface area contributed by atoms with Crippen molar-refractivity contribution in [2.45, 2.75) is 6.92 Å². The molecule has 0 aromatic heterocycles. The van der Waals surface area contributed by atoms with E-state index in [-0.39, 0.29) is 11.7 Å². The van der Waals surface area contributed by atoms with E-state index in [0.29, 0.717) is 6.54 Å². The number of amides is 1. The molecule has 0 unspecified atom stereocenters. The molecule has 0 aliphatic rings. The summed E-state index contributed by atoms with van der Waals surface area (Å²) in [6, 6.07) is 6.78. The molecule has 0 bridgehead atoms. The van der Waals surface area contributed by atoms with Gasteiger partial charge in [-0.3, -0.25) is 4.79 Å². The van der Waals surface area contributed by atoms with E-state index in [1.54, 1.807) is 30.3 Å². The molecular weight excluding hydrogens is 226 g/mol. The van der Waals surface area contributed by atoms with E-state index in [0.717, 1.165) is 16.7 Å². The summed E-state index contributed by atoms with van der Waals surface area (Å²) in [6.07, 6.45) is 3.54. The number of aromatic hydroxyl groups is 1. The second-order valence-electron chi connectivity index (χ2n) is 3.91. The van der Waals surface area contributed by atoms with Crippen molar-refractivity contribution in [3.8, 4) is 5.75 Å². The molecular formula is C15H17NO2. The molecule has 0 aliphatic heterocycles. The van der Waals surface area contributed by atoms with Crippen LogP contribution in [-0.2, 0) is 4.79 Å². The van der Waals surface area contributed by atoms with Gasteiger partial charge in [-0.2, -0.15) is 0 Å². The number of nitrogens with one attached hydrogen (secondary N) is 1. The van der Waals surface area contributed by atoms with Crippen LogP contribution in [0.4, 0.5) is 0 Å². The van der Waals surface area contributed by atoms with Crippen LogP contribution in [0.2, 0.25) is 0 Å². The van der Waals surface area contributed by atoms with Gasteiger partial charge in [-0.1, -0.05) is 31.4 Å². The maximum atomic E-state index is 10.8. The Morgan fingerprint density at radius 2 is 2.00 bits per heavy atom. The van der Waals surface area contributed by atoms with E-state index in [9.17, 15) is 9.90 Å². The summed E-state index contributed by atoms with van der Waals surface area (Å²) in [5.74, 6) is 0.135. The molecule has 1 aromatic carbocycles. The average Bonchev–Trinajstić information content (AvgIpc) is 2.34. The van der Waals surface area contributed by atoms with Crippen molar-refractivity contribution in [1.82, 2.24) is 5.32 Å². The summed E-state index contributed by atoms with van der Waals surface area (Å²) in [6.45, 7) is 9.54. The minimum absolute atomic E-state index is 0.0852. The molecule has 0 saturated heterocycles. The van der Waals surface area contributed by atoms with Gasteiger partial charge in [0.2, 0.25) is 5.91 Å². The molecule has 0 fully saturated rings. The van der Waals surface area contributed by atoms with Crippen LogP contribution < -0.4 is 5.32 Å². The summed E-state index contributed by atoms with van der Waals surface area (Å²) >= 11 is 0. The molecule has 18 heavy (non-hydrogen) atoms. The molecule has 0 atom stereocenters. The van der Waals surface area contributed by atoms with Crippen molar-refractivity contribution in [2.24, 2.45) is 0 Å². The number of phenolic OH excluding ortho intramolecular Hbond substituents is 1. The van der Waals surface area contributed by atoms with Crippen LogP contribution in [0, 0.1) is 0 Å². The highest BCUT2D eigenvalue weighted by Crippen LogP contribution is 2.18. The number of allylic oxidation sites excluding steroid dienone is 2. The Labute approximate surface area is 107 Å². The fourth-order valence-electron chi connectivity index (χ4n) is 1.39. The molecule has 3 heteroatoms. The van der Waals surface area contributed by atoms with Gasteiger partial charge in [-0.15, -0.1) is 0 Å². The SMILES string of the molecule is C=C/C(=C\C(=C)c1ccc(O)cc1)CNC(C)=O. The monoisotopic (exact) mass is 243 g/mol. The Kier molecular flexibility index (Phi) is 4.93. The van der Waals surface area contributed by atoms with Gasteiger partial charge in [0.15, 0.2) is 0 Å². The highest BCUT2D eigenvalue weighted by atomic mass is 16.3. The molecule has 3 nitrogen and oxygen atoms in total. The Morgan fingerprint density at radius 1 is 1.39 bits per heavy atom. The third kappa shape index (κ3) is 4.29. The molecule has 0 heterocycles. The fraction of sp³-hybridized carbons (Fsp3) is 0.133. The fourth-order valence-corrected chi connectivity index (χ4v) is 1.39. The minimum atomic E-state index is -0.0852. The summed E-state index contributed by atoms with van der Waals surface area (Å²) in [4.78, 5) is 10.8. The van der Waals surface area contributed by atoms with Crippen molar-refractivity contribution in [3.63, 3.8) is 0 Å². The predicted molar refractivity (Wildman–Crippen MR) is 74.1 cm³/mol. The van der Waals surface area contributed by atoms with E-state index < -0.39 is 0 Å².